The van der Waals surface area contributed by atoms with Crippen LogP contribution < -0.4 is 10.6 Å². The van der Waals surface area contributed by atoms with Crippen LogP contribution in [0.5, 0.6) is 0 Å². The van der Waals surface area contributed by atoms with E-state index in [-0.39, 0.29) is 23.5 Å². The average Bonchev–Trinajstić information content (AvgIpc) is 2.97. The highest BCUT2D eigenvalue weighted by molar-refractivity contribution is 6.01. The van der Waals surface area contributed by atoms with Gasteiger partial charge < -0.3 is 10.6 Å². The number of tetrazole rings is 1. The van der Waals surface area contributed by atoms with Crippen molar-refractivity contribution in [2.24, 2.45) is 0 Å². The van der Waals surface area contributed by atoms with Gasteiger partial charge in [-0.25, -0.2) is 0 Å². The molecule has 3 N–H and O–H groups in total. The third kappa shape index (κ3) is 2.68. The van der Waals surface area contributed by atoms with Crippen LogP contribution in [0.25, 0.3) is 0 Å². The number of para-hydroxylation sites is 1. The van der Waals surface area contributed by atoms with Crippen LogP contribution in [0.2, 0.25) is 0 Å². The molecular weight excluding hydrogens is 266 g/mol. The van der Waals surface area contributed by atoms with E-state index in [2.05, 4.69) is 31.3 Å². The van der Waals surface area contributed by atoms with E-state index >= 15 is 0 Å². The monoisotopic (exact) mass is 277 g/mol. The first kappa shape index (κ1) is 13.4. The second-order valence-corrected chi connectivity index (χ2v) is 3.72. The van der Waals surface area contributed by atoms with E-state index < -0.39 is 10.8 Å². The molecule has 104 valence electrons. The SMILES string of the molecule is CNc1c(C(=O)NCc2nn[nH]n2)cccc1[N+](=O)[O-]. The van der Waals surface area contributed by atoms with Gasteiger partial charge >= 0.3 is 0 Å². The number of rotatable bonds is 5. The van der Waals surface area contributed by atoms with Crippen LogP contribution >= 0.6 is 0 Å². The summed E-state index contributed by atoms with van der Waals surface area (Å²) in [6.45, 7) is 0.0706. The van der Waals surface area contributed by atoms with Crippen LogP contribution in [-0.2, 0) is 6.54 Å². The molecule has 1 aromatic carbocycles. The molecule has 0 aliphatic heterocycles. The lowest BCUT2D eigenvalue weighted by Crippen LogP contribution is -2.24. The maximum atomic E-state index is 12.0. The van der Waals surface area contributed by atoms with Gasteiger partial charge in [0.2, 0.25) is 0 Å². The molecule has 0 unspecified atom stereocenters. The lowest BCUT2D eigenvalue weighted by molar-refractivity contribution is -0.384. The van der Waals surface area contributed by atoms with Gasteiger partial charge in [-0.15, -0.1) is 10.2 Å². The van der Waals surface area contributed by atoms with Crippen molar-refractivity contribution in [1.29, 1.82) is 0 Å². The van der Waals surface area contributed by atoms with Gasteiger partial charge in [0.25, 0.3) is 11.6 Å². The molecule has 1 amide bonds. The first-order chi connectivity index (χ1) is 9.63. The van der Waals surface area contributed by atoms with Crippen molar-refractivity contribution in [1.82, 2.24) is 25.9 Å². The smallest absolute Gasteiger partial charge is 0.293 e. The molecule has 2 rings (SSSR count). The molecule has 10 nitrogen and oxygen atoms in total. The second-order valence-electron chi connectivity index (χ2n) is 3.72. The van der Waals surface area contributed by atoms with Crippen molar-refractivity contribution in [3.63, 3.8) is 0 Å². The van der Waals surface area contributed by atoms with Crippen LogP contribution in [-0.4, -0.2) is 38.5 Å². The summed E-state index contributed by atoms with van der Waals surface area (Å²) in [5, 5.41) is 29.1. The number of nitrogens with one attached hydrogen (secondary N) is 3. The minimum Gasteiger partial charge on any atom is -0.382 e. The number of nitrogens with zero attached hydrogens (tertiary/aromatic N) is 4. The summed E-state index contributed by atoms with van der Waals surface area (Å²) in [6.07, 6.45) is 0. The number of hydrogen-bond acceptors (Lipinski definition) is 7. The number of aromatic nitrogens is 4. The topological polar surface area (TPSA) is 139 Å². The summed E-state index contributed by atoms with van der Waals surface area (Å²) in [5.41, 5.74) is 0.160. The van der Waals surface area contributed by atoms with Gasteiger partial charge in [0.1, 0.15) is 5.69 Å². The van der Waals surface area contributed by atoms with Crippen LogP contribution in [0.4, 0.5) is 11.4 Å². The van der Waals surface area contributed by atoms with Gasteiger partial charge in [-0.05, 0) is 6.07 Å². The molecule has 10 heteroatoms. The Morgan fingerprint density at radius 1 is 1.50 bits per heavy atom. The highest BCUT2D eigenvalue weighted by Crippen LogP contribution is 2.27. The molecule has 20 heavy (non-hydrogen) atoms. The molecule has 1 aromatic heterocycles. The number of carbonyl (C=O) groups excluding carboxylic acids is 1. The Morgan fingerprint density at radius 2 is 2.30 bits per heavy atom. The quantitative estimate of drug-likeness (QED) is 0.519. The van der Waals surface area contributed by atoms with E-state index in [9.17, 15) is 14.9 Å². The molecule has 0 saturated carbocycles. The predicted octanol–water partition coefficient (Wildman–Crippen LogP) is 0.0796. The second kappa shape index (κ2) is 5.73. The summed E-state index contributed by atoms with van der Waals surface area (Å²) < 4.78 is 0. The number of carbonyl (C=O) groups is 1. The highest BCUT2D eigenvalue weighted by atomic mass is 16.6. The Hall–Kier alpha value is -3.04. The Bertz CT molecular complexity index is 626. The van der Waals surface area contributed by atoms with Crippen molar-refractivity contribution >= 4 is 17.3 Å². The largest absolute Gasteiger partial charge is 0.382 e. The predicted molar refractivity (Wildman–Crippen MR) is 68.0 cm³/mol. The summed E-state index contributed by atoms with van der Waals surface area (Å²) in [4.78, 5) is 22.4. The first-order valence-electron chi connectivity index (χ1n) is 5.59. The molecule has 0 aliphatic rings. The normalized spacial score (nSPS) is 10.1. The number of benzene rings is 1. The van der Waals surface area contributed by atoms with Gasteiger partial charge in [-0.2, -0.15) is 5.21 Å². The van der Waals surface area contributed by atoms with Gasteiger partial charge in [0, 0.05) is 13.1 Å². The van der Waals surface area contributed by atoms with Gasteiger partial charge in [-0.3, -0.25) is 14.9 Å². The van der Waals surface area contributed by atoms with Gasteiger partial charge in [0.05, 0.1) is 17.0 Å². The number of amides is 1. The molecule has 0 spiro atoms. The molecule has 0 bridgehead atoms. The number of nitro groups is 1. The van der Waals surface area contributed by atoms with E-state index in [1.807, 2.05) is 0 Å². The van der Waals surface area contributed by atoms with Gasteiger partial charge in [-0.1, -0.05) is 11.3 Å². The van der Waals surface area contributed by atoms with E-state index in [0.717, 1.165) is 0 Å². The molecule has 0 atom stereocenters. The molecular formula is C10H11N7O3. The number of nitro benzene ring substituents is 1. The highest BCUT2D eigenvalue weighted by Gasteiger charge is 2.20. The fourth-order valence-electron chi connectivity index (χ4n) is 1.66. The Kier molecular flexibility index (Phi) is 3.84. The zero-order valence-electron chi connectivity index (χ0n) is 10.5. The van der Waals surface area contributed by atoms with Crippen LogP contribution in [0.3, 0.4) is 0 Å². The lowest BCUT2D eigenvalue weighted by atomic mass is 10.1. The van der Waals surface area contributed by atoms with Crippen molar-refractivity contribution in [3.05, 3.63) is 39.7 Å². The maximum Gasteiger partial charge on any atom is 0.293 e. The molecule has 0 fully saturated rings. The fourth-order valence-corrected chi connectivity index (χ4v) is 1.66. The lowest BCUT2D eigenvalue weighted by Gasteiger charge is -2.09. The third-order valence-electron chi connectivity index (χ3n) is 2.53. The third-order valence-corrected chi connectivity index (χ3v) is 2.53. The summed E-state index contributed by atoms with van der Waals surface area (Å²) >= 11 is 0. The summed E-state index contributed by atoms with van der Waals surface area (Å²) in [5.74, 6) is -0.155. The molecule has 0 saturated heterocycles. The number of hydrogen-bond donors (Lipinski definition) is 3. The minimum atomic E-state index is -0.554. The maximum absolute atomic E-state index is 12.0. The number of anilines is 1. The Morgan fingerprint density at radius 3 is 2.90 bits per heavy atom. The molecule has 2 aromatic rings. The van der Waals surface area contributed by atoms with E-state index in [4.69, 9.17) is 0 Å². The van der Waals surface area contributed by atoms with Crippen LogP contribution in [0.1, 0.15) is 16.2 Å². The zero-order valence-corrected chi connectivity index (χ0v) is 10.5. The fraction of sp³-hybridized carbons (Fsp3) is 0.200. The first-order valence-corrected chi connectivity index (χ1v) is 5.59. The van der Waals surface area contributed by atoms with E-state index in [0.29, 0.717) is 5.82 Å². The Balaban J connectivity index is 2.21. The van der Waals surface area contributed by atoms with Crippen molar-refractivity contribution in [2.75, 3.05) is 12.4 Å². The van der Waals surface area contributed by atoms with Gasteiger partial charge in [0.15, 0.2) is 5.82 Å². The molecule has 1 heterocycles. The number of H-pyrrole nitrogens is 1. The Labute approximate surface area is 112 Å². The summed E-state index contributed by atoms with van der Waals surface area (Å²) in [6, 6.07) is 4.26. The standard InChI is InChI=1S/C10H11N7O3/c1-11-9-6(3-2-4-7(9)17(19)20)10(18)12-5-8-13-15-16-14-8/h2-4,11H,5H2,1H3,(H,12,18)(H,13,14,15,16). The van der Waals surface area contributed by atoms with Crippen molar-refractivity contribution in [3.8, 4) is 0 Å². The van der Waals surface area contributed by atoms with Crippen LogP contribution in [0, 0.1) is 10.1 Å². The average molecular weight is 277 g/mol. The summed E-state index contributed by atoms with van der Waals surface area (Å²) in [7, 11) is 1.51. The van der Waals surface area contributed by atoms with E-state index in [1.54, 1.807) is 0 Å². The number of aromatic amines is 1. The van der Waals surface area contributed by atoms with Crippen LogP contribution in [0.15, 0.2) is 18.2 Å². The molecule has 0 radical (unpaired) electrons. The minimum absolute atomic E-state index is 0.0706. The zero-order chi connectivity index (χ0) is 14.5. The van der Waals surface area contributed by atoms with Crippen molar-refractivity contribution in [2.45, 2.75) is 6.54 Å². The van der Waals surface area contributed by atoms with E-state index in [1.165, 1.54) is 25.2 Å². The van der Waals surface area contributed by atoms with Crippen molar-refractivity contribution < 1.29 is 9.72 Å². The molecule has 0 aliphatic carbocycles.